The van der Waals surface area contributed by atoms with Gasteiger partial charge in [-0.25, -0.2) is 13.2 Å². The third-order valence-electron chi connectivity index (χ3n) is 4.06. The molecule has 0 amide bonds. The number of fused-ring (bicyclic) bond motifs is 2. The van der Waals surface area contributed by atoms with Gasteiger partial charge in [0.2, 0.25) is 0 Å². The van der Waals surface area contributed by atoms with Crippen LogP contribution in [-0.2, 0) is 10.0 Å². The third-order valence-corrected chi connectivity index (χ3v) is 5.89. The van der Waals surface area contributed by atoms with Crippen molar-refractivity contribution in [3.05, 3.63) is 77.2 Å². The molecule has 3 aromatic rings. The fourth-order valence-electron chi connectivity index (χ4n) is 2.89. The van der Waals surface area contributed by atoms with Gasteiger partial charge in [0.25, 0.3) is 10.0 Å². The first-order valence-electron chi connectivity index (χ1n) is 7.31. The Bertz CT molecular complexity index is 1140. The van der Waals surface area contributed by atoms with Crippen molar-refractivity contribution in [3.63, 3.8) is 0 Å². The third kappa shape index (κ3) is 2.15. The van der Waals surface area contributed by atoms with Gasteiger partial charge in [0.15, 0.2) is 0 Å². The predicted octanol–water partition coefficient (Wildman–Crippen LogP) is 3.02. The molecular weight excluding hydrogens is 326 g/mol. The average Bonchev–Trinajstić information content (AvgIpc) is 2.58. The van der Waals surface area contributed by atoms with Gasteiger partial charge in [0.05, 0.1) is 17.1 Å². The van der Waals surface area contributed by atoms with E-state index in [1.54, 1.807) is 48.5 Å². The van der Waals surface area contributed by atoms with Crippen molar-refractivity contribution in [1.29, 1.82) is 0 Å². The lowest BCUT2D eigenvalue weighted by atomic mass is 10.1. The summed E-state index contributed by atoms with van der Waals surface area (Å²) < 4.78 is 32.3. The fourth-order valence-corrected chi connectivity index (χ4v) is 4.59. The molecule has 24 heavy (non-hydrogen) atoms. The molecule has 2 heterocycles. The highest BCUT2D eigenvalue weighted by Crippen LogP contribution is 2.36. The van der Waals surface area contributed by atoms with Gasteiger partial charge in [0, 0.05) is 11.5 Å². The molecule has 0 radical (unpaired) electrons. The summed E-state index contributed by atoms with van der Waals surface area (Å²) in [4.78, 5) is 11.5. The van der Waals surface area contributed by atoms with E-state index in [0.29, 0.717) is 22.2 Å². The SMILES string of the molecule is C=C1CN(c2ccc3oc(=O)ccc3c2)S(=O)(=O)c2ccccc21. The van der Waals surface area contributed by atoms with Gasteiger partial charge in [-0.15, -0.1) is 0 Å². The van der Waals surface area contributed by atoms with Crippen molar-refractivity contribution in [2.24, 2.45) is 0 Å². The molecule has 5 nitrogen and oxygen atoms in total. The quantitative estimate of drug-likeness (QED) is 0.639. The maximum atomic E-state index is 13.0. The van der Waals surface area contributed by atoms with Crippen LogP contribution in [0.15, 0.2) is 75.3 Å². The maximum absolute atomic E-state index is 13.0. The van der Waals surface area contributed by atoms with Gasteiger partial charge >= 0.3 is 5.63 Å². The van der Waals surface area contributed by atoms with Crippen LogP contribution in [0.25, 0.3) is 16.5 Å². The Kier molecular flexibility index (Phi) is 3.11. The highest BCUT2D eigenvalue weighted by Gasteiger charge is 2.33. The van der Waals surface area contributed by atoms with Crippen LogP contribution >= 0.6 is 0 Å². The molecule has 0 saturated heterocycles. The van der Waals surface area contributed by atoms with E-state index >= 15 is 0 Å². The van der Waals surface area contributed by atoms with Crippen molar-refractivity contribution in [1.82, 2.24) is 0 Å². The molecule has 1 aliphatic rings. The molecule has 120 valence electrons. The number of anilines is 1. The van der Waals surface area contributed by atoms with Crippen molar-refractivity contribution in [2.75, 3.05) is 10.8 Å². The van der Waals surface area contributed by atoms with Crippen LogP contribution in [0.1, 0.15) is 5.56 Å². The summed E-state index contributed by atoms with van der Waals surface area (Å²) in [5, 5.41) is 0.659. The lowest BCUT2D eigenvalue weighted by Crippen LogP contribution is -2.36. The highest BCUT2D eigenvalue weighted by atomic mass is 32.2. The van der Waals surface area contributed by atoms with E-state index in [-0.39, 0.29) is 11.4 Å². The molecule has 1 aromatic heterocycles. The molecule has 0 unspecified atom stereocenters. The lowest BCUT2D eigenvalue weighted by molar-refractivity contribution is 0.561. The average molecular weight is 339 g/mol. The Morgan fingerprint density at radius 2 is 1.83 bits per heavy atom. The smallest absolute Gasteiger partial charge is 0.336 e. The Labute approximate surface area is 138 Å². The van der Waals surface area contributed by atoms with Gasteiger partial charge in [-0.3, -0.25) is 4.31 Å². The van der Waals surface area contributed by atoms with Gasteiger partial charge in [-0.05, 0) is 41.5 Å². The second kappa shape index (κ2) is 5.07. The minimum absolute atomic E-state index is 0.182. The van der Waals surface area contributed by atoms with Gasteiger partial charge in [0.1, 0.15) is 5.58 Å². The molecule has 0 N–H and O–H groups in total. The first-order valence-corrected chi connectivity index (χ1v) is 8.75. The van der Waals surface area contributed by atoms with E-state index in [2.05, 4.69) is 6.58 Å². The molecule has 0 saturated carbocycles. The largest absolute Gasteiger partial charge is 0.423 e. The molecule has 0 atom stereocenters. The standard InChI is InChI=1S/C18H13NO4S/c1-12-11-19(24(21,22)17-5-3-2-4-15(12)17)14-7-8-16-13(10-14)6-9-18(20)23-16/h2-10H,1,11H2. The van der Waals surface area contributed by atoms with E-state index in [0.717, 1.165) is 5.57 Å². The summed E-state index contributed by atoms with van der Waals surface area (Å²) in [6.07, 6.45) is 0. The van der Waals surface area contributed by atoms with Crippen LogP contribution < -0.4 is 9.93 Å². The molecule has 0 aliphatic carbocycles. The fraction of sp³-hybridized carbons (Fsp3) is 0.0556. The predicted molar refractivity (Wildman–Crippen MR) is 92.5 cm³/mol. The van der Waals surface area contributed by atoms with Crippen molar-refractivity contribution in [2.45, 2.75) is 4.90 Å². The van der Waals surface area contributed by atoms with E-state index in [1.165, 1.54) is 10.4 Å². The zero-order valence-corrected chi connectivity index (χ0v) is 13.4. The van der Waals surface area contributed by atoms with Crippen LogP contribution in [0.3, 0.4) is 0 Å². The number of nitrogens with zero attached hydrogens (tertiary/aromatic N) is 1. The number of rotatable bonds is 1. The number of benzene rings is 2. The maximum Gasteiger partial charge on any atom is 0.336 e. The zero-order valence-electron chi connectivity index (χ0n) is 12.6. The van der Waals surface area contributed by atoms with Crippen LogP contribution in [0.4, 0.5) is 5.69 Å². The van der Waals surface area contributed by atoms with Crippen LogP contribution in [0, 0.1) is 0 Å². The molecule has 4 rings (SSSR count). The molecular formula is C18H13NO4S. The second-order valence-corrected chi connectivity index (χ2v) is 7.42. The summed E-state index contributed by atoms with van der Waals surface area (Å²) in [5.74, 6) is 0. The summed E-state index contributed by atoms with van der Waals surface area (Å²) in [6.45, 7) is 4.19. The molecule has 6 heteroatoms. The number of hydrogen-bond donors (Lipinski definition) is 0. The van der Waals surface area contributed by atoms with Gasteiger partial charge in [-0.1, -0.05) is 24.8 Å². The monoisotopic (exact) mass is 339 g/mol. The zero-order chi connectivity index (χ0) is 16.9. The summed E-state index contributed by atoms with van der Waals surface area (Å²) in [7, 11) is -3.67. The summed E-state index contributed by atoms with van der Waals surface area (Å²) in [6, 6.07) is 14.7. The lowest BCUT2D eigenvalue weighted by Gasteiger charge is -2.31. The molecule has 0 fully saturated rings. The van der Waals surface area contributed by atoms with Crippen LogP contribution in [-0.4, -0.2) is 15.0 Å². The van der Waals surface area contributed by atoms with E-state index in [1.807, 2.05) is 0 Å². The second-order valence-electron chi connectivity index (χ2n) is 5.59. The van der Waals surface area contributed by atoms with Gasteiger partial charge < -0.3 is 4.42 Å². The van der Waals surface area contributed by atoms with Crippen LogP contribution in [0.2, 0.25) is 0 Å². The Morgan fingerprint density at radius 1 is 1.04 bits per heavy atom. The highest BCUT2D eigenvalue weighted by molar-refractivity contribution is 7.93. The van der Waals surface area contributed by atoms with Crippen molar-refractivity contribution < 1.29 is 12.8 Å². The molecule has 0 bridgehead atoms. The molecule has 0 spiro atoms. The van der Waals surface area contributed by atoms with Gasteiger partial charge in [-0.2, -0.15) is 0 Å². The normalized spacial score (nSPS) is 16.2. The Morgan fingerprint density at radius 3 is 2.67 bits per heavy atom. The van der Waals surface area contributed by atoms with Crippen molar-refractivity contribution in [3.8, 4) is 0 Å². The van der Waals surface area contributed by atoms with E-state index in [9.17, 15) is 13.2 Å². The van der Waals surface area contributed by atoms with E-state index < -0.39 is 15.6 Å². The Hall–Kier alpha value is -2.86. The minimum Gasteiger partial charge on any atom is -0.423 e. The Balaban J connectivity index is 1.90. The minimum atomic E-state index is -3.67. The summed E-state index contributed by atoms with van der Waals surface area (Å²) >= 11 is 0. The first kappa shape index (κ1) is 14.7. The first-order chi connectivity index (χ1) is 11.5. The molecule has 2 aromatic carbocycles. The van der Waals surface area contributed by atoms with Crippen LogP contribution in [0.5, 0.6) is 0 Å². The van der Waals surface area contributed by atoms with E-state index in [4.69, 9.17) is 4.42 Å². The molecule has 1 aliphatic heterocycles. The number of hydrogen-bond acceptors (Lipinski definition) is 4. The number of sulfonamides is 1. The summed E-state index contributed by atoms with van der Waals surface area (Å²) in [5.41, 5.74) is 1.87. The topological polar surface area (TPSA) is 67.6 Å². The van der Waals surface area contributed by atoms with Crippen molar-refractivity contribution >= 4 is 32.3 Å².